The van der Waals surface area contributed by atoms with E-state index in [4.69, 9.17) is 5.14 Å². The van der Waals surface area contributed by atoms with E-state index in [9.17, 15) is 16.8 Å². The maximum absolute atomic E-state index is 12.5. The first-order chi connectivity index (χ1) is 10.6. The lowest BCUT2D eigenvalue weighted by Crippen LogP contribution is -2.16. The molecule has 0 atom stereocenters. The highest BCUT2D eigenvalue weighted by molar-refractivity contribution is 7.92. The van der Waals surface area contributed by atoms with E-state index in [1.807, 2.05) is 32.0 Å². The standard InChI is InChI=1S/C15H18N2O4S2/c1-3-12-6-4-5-11(2)15(12)17-23(20,21)14-9-7-13(8-10-14)22(16,18)19/h4-10,17H,3H2,1-2H3,(H2,16,18,19). The van der Waals surface area contributed by atoms with Gasteiger partial charge in [-0.05, 0) is 48.7 Å². The molecular formula is C15H18N2O4S2. The molecule has 0 saturated heterocycles. The van der Waals surface area contributed by atoms with Crippen LogP contribution in [0.2, 0.25) is 0 Å². The number of aryl methyl sites for hydroxylation is 2. The molecule has 0 saturated carbocycles. The van der Waals surface area contributed by atoms with E-state index in [0.29, 0.717) is 12.1 Å². The predicted molar refractivity (Wildman–Crippen MR) is 89.2 cm³/mol. The molecule has 6 nitrogen and oxygen atoms in total. The molecule has 2 aromatic rings. The average molecular weight is 354 g/mol. The molecule has 0 spiro atoms. The second-order valence-electron chi connectivity index (χ2n) is 5.08. The highest BCUT2D eigenvalue weighted by Crippen LogP contribution is 2.25. The molecule has 0 heterocycles. The summed E-state index contributed by atoms with van der Waals surface area (Å²) in [7, 11) is -7.67. The largest absolute Gasteiger partial charge is 0.279 e. The molecule has 0 radical (unpaired) electrons. The van der Waals surface area contributed by atoms with Crippen LogP contribution in [-0.4, -0.2) is 16.8 Å². The Bertz CT molecular complexity index is 918. The zero-order chi connectivity index (χ0) is 17.3. The van der Waals surface area contributed by atoms with Crippen LogP contribution in [0.3, 0.4) is 0 Å². The van der Waals surface area contributed by atoms with Gasteiger partial charge in [-0.15, -0.1) is 0 Å². The van der Waals surface area contributed by atoms with E-state index in [1.165, 1.54) is 24.3 Å². The molecular weight excluding hydrogens is 336 g/mol. The van der Waals surface area contributed by atoms with Gasteiger partial charge in [-0.3, -0.25) is 4.72 Å². The van der Waals surface area contributed by atoms with E-state index in [1.54, 1.807) is 0 Å². The van der Waals surface area contributed by atoms with Gasteiger partial charge in [0.1, 0.15) is 0 Å². The molecule has 23 heavy (non-hydrogen) atoms. The number of sulfonamides is 2. The Morgan fingerprint density at radius 2 is 1.52 bits per heavy atom. The zero-order valence-electron chi connectivity index (χ0n) is 12.8. The summed E-state index contributed by atoms with van der Waals surface area (Å²) in [6.45, 7) is 3.76. The lowest BCUT2D eigenvalue weighted by atomic mass is 10.1. The van der Waals surface area contributed by atoms with Gasteiger partial charge in [0.25, 0.3) is 10.0 Å². The third-order valence-electron chi connectivity index (χ3n) is 3.44. The van der Waals surface area contributed by atoms with Crippen LogP contribution in [0.5, 0.6) is 0 Å². The van der Waals surface area contributed by atoms with Crippen LogP contribution < -0.4 is 9.86 Å². The first-order valence-corrected chi connectivity index (χ1v) is 9.92. The molecule has 0 bridgehead atoms. The summed E-state index contributed by atoms with van der Waals surface area (Å²) in [6.07, 6.45) is 0.684. The lowest BCUT2D eigenvalue weighted by molar-refractivity contribution is 0.595. The summed E-state index contributed by atoms with van der Waals surface area (Å²) < 4.78 is 50.0. The normalized spacial score (nSPS) is 12.1. The lowest BCUT2D eigenvalue weighted by Gasteiger charge is -2.14. The molecule has 0 aromatic heterocycles. The van der Waals surface area contributed by atoms with Crippen LogP contribution >= 0.6 is 0 Å². The van der Waals surface area contributed by atoms with Crippen molar-refractivity contribution >= 4 is 25.7 Å². The number of para-hydroxylation sites is 1. The quantitative estimate of drug-likeness (QED) is 0.856. The highest BCUT2D eigenvalue weighted by Gasteiger charge is 2.18. The van der Waals surface area contributed by atoms with Crippen molar-refractivity contribution in [3.63, 3.8) is 0 Å². The summed E-state index contributed by atoms with van der Waals surface area (Å²) in [6, 6.07) is 10.3. The van der Waals surface area contributed by atoms with Crippen LogP contribution in [0, 0.1) is 6.92 Å². The highest BCUT2D eigenvalue weighted by atomic mass is 32.2. The molecule has 0 aliphatic heterocycles. The van der Waals surface area contributed by atoms with E-state index >= 15 is 0 Å². The van der Waals surface area contributed by atoms with Crippen molar-refractivity contribution in [2.45, 2.75) is 30.1 Å². The number of primary sulfonamides is 1. The number of anilines is 1. The SMILES string of the molecule is CCc1cccc(C)c1NS(=O)(=O)c1ccc(S(N)(=O)=O)cc1. The van der Waals surface area contributed by atoms with Crippen LogP contribution in [0.15, 0.2) is 52.3 Å². The molecule has 3 N–H and O–H groups in total. The van der Waals surface area contributed by atoms with Crippen molar-refractivity contribution in [1.29, 1.82) is 0 Å². The summed E-state index contributed by atoms with van der Waals surface area (Å²) in [5, 5.41) is 5.00. The van der Waals surface area contributed by atoms with Gasteiger partial charge in [0, 0.05) is 0 Å². The molecule has 0 aliphatic rings. The fourth-order valence-corrected chi connectivity index (χ4v) is 3.86. The summed E-state index contributed by atoms with van der Waals surface area (Å²) in [4.78, 5) is -0.170. The molecule has 124 valence electrons. The Morgan fingerprint density at radius 1 is 0.957 bits per heavy atom. The fraction of sp³-hybridized carbons (Fsp3) is 0.200. The minimum Gasteiger partial charge on any atom is -0.279 e. The number of hydrogen-bond donors (Lipinski definition) is 2. The maximum atomic E-state index is 12.5. The van der Waals surface area contributed by atoms with Crippen molar-refractivity contribution < 1.29 is 16.8 Å². The summed E-state index contributed by atoms with van der Waals surface area (Å²) in [5.74, 6) is 0. The fourth-order valence-electron chi connectivity index (χ4n) is 2.17. The predicted octanol–water partition coefficient (Wildman–Crippen LogP) is 2.01. The molecule has 8 heteroatoms. The average Bonchev–Trinajstić information content (AvgIpc) is 2.48. The van der Waals surface area contributed by atoms with Crippen molar-refractivity contribution in [2.24, 2.45) is 5.14 Å². The molecule has 0 unspecified atom stereocenters. The molecule has 2 rings (SSSR count). The third-order valence-corrected chi connectivity index (χ3v) is 5.73. The molecule has 2 aromatic carbocycles. The Kier molecular flexibility index (Phi) is 4.79. The second kappa shape index (κ2) is 6.31. The van der Waals surface area contributed by atoms with Crippen molar-refractivity contribution in [3.8, 4) is 0 Å². The molecule has 0 fully saturated rings. The van der Waals surface area contributed by atoms with E-state index in [-0.39, 0.29) is 9.79 Å². The third kappa shape index (κ3) is 3.90. The Balaban J connectivity index is 2.41. The van der Waals surface area contributed by atoms with Gasteiger partial charge in [0.2, 0.25) is 10.0 Å². The van der Waals surface area contributed by atoms with Crippen LogP contribution in [0.4, 0.5) is 5.69 Å². The number of hydrogen-bond acceptors (Lipinski definition) is 4. The maximum Gasteiger partial charge on any atom is 0.261 e. The summed E-state index contributed by atoms with van der Waals surface area (Å²) in [5.41, 5.74) is 2.24. The van der Waals surface area contributed by atoms with Gasteiger partial charge in [-0.1, -0.05) is 25.1 Å². The van der Waals surface area contributed by atoms with Gasteiger partial charge in [-0.25, -0.2) is 22.0 Å². The molecule has 0 amide bonds. The number of rotatable bonds is 5. The topological polar surface area (TPSA) is 106 Å². The van der Waals surface area contributed by atoms with Gasteiger partial charge in [0.05, 0.1) is 15.5 Å². The van der Waals surface area contributed by atoms with Crippen LogP contribution in [0.1, 0.15) is 18.1 Å². The van der Waals surface area contributed by atoms with Crippen molar-refractivity contribution in [1.82, 2.24) is 0 Å². The van der Waals surface area contributed by atoms with Crippen LogP contribution in [0.25, 0.3) is 0 Å². The Morgan fingerprint density at radius 3 is 2.04 bits per heavy atom. The van der Waals surface area contributed by atoms with Gasteiger partial charge >= 0.3 is 0 Å². The Labute approximate surface area is 136 Å². The zero-order valence-corrected chi connectivity index (χ0v) is 14.4. The van der Waals surface area contributed by atoms with Crippen molar-refractivity contribution in [3.05, 3.63) is 53.6 Å². The van der Waals surface area contributed by atoms with Gasteiger partial charge in [0.15, 0.2) is 0 Å². The first-order valence-electron chi connectivity index (χ1n) is 6.89. The number of nitrogens with one attached hydrogen (secondary N) is 1. The number of benzene rings is 2. The van der Waals surface area contributed by atoms with E-state index < -0.39 is 20.0 Å². The van der Waals surface area contributed by atoms with Gasteiger partial charge < -0.3 is 0 Å². The minimum atomic E-state index is -3.86. The van der Waals surface area contributed by atoms with Crippen molar-refractivity contribution in [2.75, 3.05) is 4.72 Å². The van der Waals surface area contributed by atoms with E-state index in [0.717, 1.165) is 11.1 Å². The van der Waals surface area contributed by atoms with E-state index in [2.05, 4.69) is 4.72 Å². The molecule has 0 aliphatic carbocycles. The first kappa shape index (κ1) is 17.5. The van der Waals surface area contributed by atoms with Crippen LogP contribution in [-0.2, 0) is 26.5 Å². The monoisotopic (exact) mass is 354 g/mol. The minimum absolute atomic E-state index is 0.0322. The smallest absolute Gasteiger partial charge is 0.261 e. The second-order valence-corrected chi connectivity index (χ2v) is 8.33. The Hall–Kier alpha value is -1.90. The summed E-state index contributed by atoms with van der Waals surface area (Å²) >= 11 is 0. The van der Waals surface area contributed by atoms with Gasteiger partial charge in [-0.2, -0.15) is 0 Å². The number of nitrogens with two attached hydrogens (primary N) is 1.